The lowest BCUT2D eigenvalue weighted by Crippen LogP contribution is -2.02. The topological polar surface area (TPSA) is 29.9 Å². The summed E-state index contributed by atoms with van der Waals surface area (Å²) in [7, 11) is 1.84. The Morgan fingerprint density at radius 3 is 2.91 bits per heavy atom. The Kier molecular flexibility index (Phi) is 2.46. The van der Waals surface area contributed by atoms with Crippen LogP contribution in [0.4, 0.5) is 10.1 Å². The number of halogens is 1. The van der Waals surface area contributed by atoms with Crippen LogP contribution in [-0.4, -0.2) is 23.0 Å². The number of alkyl halides is 1. The first-order chi connectivity index (χ1) is 5.24. The number of anilines is 1. The first-order valence-corrected chi connectivity index (χ1v) is 3.54. The van der Waals surface area contributed by atoms with Crippen LogP contribution in [0.5, 0.6) is 0 Å². The van der Waals surface area contributed by atoms with Crippen molar-refractivity contribution < 1.29 is 4.39 Å². The van der Waals surface area contributed by atoms with E-state index in [0.29, 0.717) is 6.54 Å². The molecular formula is C7H12FN3. The van der Waals surface area contributed by atoms with Crippen molar-refractivity contribution in [2.24, 2.45) is 7.05 Å². The van der Waals surface area contributed by atoms with Gasteiger partial charge < -0.3 is 5.32 Å². The summed E-state index contributed by atoms with van der Waals surface area (Å²) in [4.78, 5) is 0. The molecule has 0 saturated heterocycles. The van der Waals surface area contributed by atoms with Crippen molar-refractivity contribution >= 4 is 5.69 Å². The summed E-state index contributed by atoms with van der Waals surface area (Å²) >= 11 is 0. The van der Waals surface area contributed by atoms with Crippen LogP contribution in [-0.2, 0) is 7.05 Å². The van der Waals surface area contributed by atoms with Crippen LogP contribution in [0.3, 0.4) is 0 Å². The molecule has 1 aromatic heterocycles. The van der Waals surface area contributed by atoms with Crippen molar-refractivity contribution in [3.05, 3.63) is 11.9 Å². The van der Waals surface area contributed by atoms with Crippen molar-refractivity contribution in [1.82, 2.24) is 9.78 Å². The third-order valence-corrected chi connectivity index (χ3v) is 1.42. The maximum Gasteiger partial charge on any atom is 0.107 e. The average Bonchev–Trinajstić information content (AvgIpc) is 2.26. The second-order valence-electron chi connectivity index (χ2n) is 2.42. The van der Waals surface area contributed by atoms with E-state index >= 15 is 0 Å². The maximum absolute atomic E-state index is 11.7. The standard InChI is InChI=1S/C7H12FN3/c1-6-7(9-4-3-8)5-11(2)10-6/h5,9H,3-4H2,1-2H3. The Morgan fingerprint density at radius 1 is 1.73 bits per heavy atom. The summed E-state index contributed by atoms with van der Waals surface area (Å²) in [5, 5.41) is 7.02. The molecule has 0 fully saturated rings. The summed E-state index contributed by atoms with van der Waals surface area (Å²) in [6, 6.07) is 0. The minimum atomic E-state index is -0.353. The summed E-state index contributed by atoms with van der Waals surface area (Å²) in [5.74, 6) is 0. The smallest absolute Gasteiger partial charge is 0.107 e. The minimum absolute atomic E-state index is 0.353. The van der Waals surface area contributed by atoms with Gasteiger partial charge in [0.25, 0.3) is 0 Å². The van der Waals surface area contributed by atoms with E-state index in [1.54, 1.807) is 4.68 Å². The summed E-state index contributed by atoms with van der Waals surface area (Å²) in [5.41, 5.74) is 1.81. The zero-order valence-electron chi connectivity index (χ0n) is 6.76. The van der Waals surface area contributed by atoms with Crippen LogP contribution < -0.4 is 5.32 Å². The number of aromatic nitrogens is 2. The fourth-order valence-electron chi connectivity index (χ4n) is 0.955. The van der Waals surface area contributed by atoms with E-state index in [4.69, 9.17) is 0 Å². The molecule has 0 amide bonds. The molecule has 1 N–H and O–H groups in total. The highest BCUT2D eigenvalue weighted by atomic mass is 19.1. The molecule has 0 unspecified atom stereocenters. The molecule has 3 nitrogen and oxygen atoms in total. The van der Waals surface area contributed by atoms with Crippen molar-refractivity contribution in [3.8, 4) is 0 Å². The SMILES string of the molecule is Cc1nn(C)cc1NCCF. The zero-order chi connectivity index (χ0) is 8.27. The van der Waals surface area contributed by atoms with Gasteiger partial charge in [-0.15, -0.1) is 0 Å². The van der Waals surface area contributed by atoms with Gasteiger partial charge in [-0.2, -0.15) is 5.10 Å². The van der Waals surface area contributed by atoms with E-state index in [2.05, 4.69) is 10.4 Å². The molecule has 0 radical (unpaired) electrons. The first-order valence-electron chi connectivity index (χ1n) is 3.54. The molecule has 62 valence electrons. The normalized spacial score (nSPS) is 10.1. The van der Waals surface area contributed by atoms with Gasteiger partial charge >= 0.3 is 0 Å². The predicted molar refractivity (Wildman–Crippen MR) is 42.4 cm³/mol. The van der Waals surface area contributed by atoms with Crippen LogP contribution in [0.25, 0.3) is 0 Å². The van der Waals surface area contributed by atoms with Crippen LogP contribution in [0, 0.1) is 6.92 Å². The fraction of sp³-hybridized carbons (Fsp3) is 0.571. The van der Waals surface area contributed by atoms with Gasteiger partial charge in [0.05, 0.1) is 11.4 Å². The van der Waals surface area contributed by atoms with Crippen molar-refractivity contribution in [3.63, 3.8) is 0 Å². The van der Waals surface area contributed by atoms with Crippen molar-refractivity contribution in [2.75, 3.05) is 18.5 Å². The summed E-state index contributed by atoms with van der Waals surface area (Å²) in [6.07, 6.45) is 1.84. The predicted octanol–water partition coefficient (Wildman–Crippen LogP) is 1.11. The number of hydrogen-bond acceptors (Lipinski definition) is 2. The lowest BCUT2D eigenvalue weighted by atomic mass is 10.4. The van der Waals surface area contributed by atoms with Gasteiger partial charge in [0.15, 0.2) is 0 Å². The molecule has 0 aliphatic rings. The lowest BCUT2D eigenvalue weighted by molar-refractivity contribution is 0.512. The Balaban J connectivity index is 2.62. The highest BCUT2D eigenvalue weighted by Gasteiger charge is 1.99. The highest BCUT2D eigenvalue weighted by molar-refractivity contribution is 5.45. The maximum atomic E-state index is 11.7. The quantitative estimate of drug-likeness (QED) is 0.712. The van der Waals surface area contributed by atoms with E-state index in [0.717, 1.165) is 11.4 Å². The molecule has 1 aromatic rings. The first kappa shape index (κ1) is 8.04. The van der Waals surface area contributed by atoms with Gasteiger partial charge in [-0.05, 0) is 6.92 Å². The Morgan fingerprint density at radius 2 is 2.45 bits per heavy atom. The zero-order valence-corrected chi connectivity index (χ0v) is 6.76. The second kappa shape index (κ2) is 3.37. The molecule has 0 aliphatic carbocycles. The molecule has 0 spiro atoms. The van der Waals surface area contributed by atoms with E-state index in [-0.39, 0.29) is 6.67 Å². The lowest BCUT2D eigenvalue weighted by Gasteiger charge is -1.98. The molecule has 11 heavy (non-hydrogen) atoms. The fourth-order valence-corrected chi connectivity index (χ4v) is 0.955. The molecule has 0 aromatic carbocycles. The Bertz CT molecular complexity index is 232. The van der Waals surface area contributed by atoms with E-state index in [9.17, 15) is 4.39 Å². The van der Waals surface area contributed by atoms with Crippen molar-refractivity contribution in [1.29, 1.82) is 0 Å². The van der Waals surface area contributed by atoms with Gasteiger partial charge in [-0.25, -0.2) is 4.39 Å². The van der Waals surface area contributed by atoms with Crippen LogP contribution in [0.2, 0.25) is 0 Å². The molecular weight excluding hydrogens is 145 g/mol. The van der Waals surface area contributed by atoms with Crippen LogP contribution >= 0.6 is 0 Å². The highest BCUT2D eigenvalue weighted by Crippen LogP contribution is 2.10. The number of nitrogens with zero attached hydrogens (tertiary/aromatic N) is 2. The van der Waals surface area contributed by atoms with E-state index in [1.807, 2.05) is 20.2 Å². The largest absolute Gasteiger partial charge is 0.380 e. The number of aryl methyl sites for hydroxylation is 2. The number of nitrogens with one attached hydrogen (secondary N) is 1. The van der Waals surface area contributed by atoms with Gasteiger partial charge in [-0.3, -0.25) is 4.68 Å². The third-order valence-electron chi connectivity index (χ3n) is 1.42. The molecule has 1 heterocycles. The molecule has 0 atom stereocenters. The Labute approximate surface area is 65.2 Å². The Hall–Kier alpha value is -1.06. The molecule has 0 aliphatic heterocycles. The monoisotopic (exact) mass is 157 g/mol. The molecule has 0 saturated carbocycles. The average molecular weight is 157 g/mol. The number of hydrogen-bond donors (Lipinski definition) is 1. The van der Waals surface area contributed by atoms with Gasteiger partial charge in [0, 0.05) is 19.8 Å². The van der Waals surface area contributed by atoms with E-state index in [1.165, 1.54) is 0 Å². The van der Waals surface area contributed by atoms with Crippen LogP contribution in [0.1, 0.15) is 5.69 Å². The molecule has 0 bridgehead atoms. The molecule has 4 heteroatoms. The number of rotatable bonds is 3. The van der Waals surface area contributed by atoms with Crippen molar-refractivity contribution in [2.45, 2.75) is 6.92 Å². The minimum Gasteiger partial charge on any atom is -0.380 e. The second-order valence-corrected chi connectivity index (χ2v) is 2.42. The van der Waals surface area contributed by atoms with Gasteiger partial charge in [0.1, 0.15) is 6.67 Å². The third kappa shape index (κ3) is 1.93. The van der Waals surface area contributed by atoms with E-state index < -0.39 is 0 Å². The van der Waals surface area contributed by atoms with Crippen LogP contribution in [0.15, 0.2) is 6.20 Å². The summed E-state index contributed by atoms with van der Waals surface area (Å²) < 4.78 is 13.4. The summed E-state index contributed by atoms with van der Waals surface area (Å²) in [6.45, 7) is 1.89. The molecule has 1 rings (SSSR count). The van der Waals surface area contributed by atoms with Gasteiger partial charge in [0.2, 0.25) is 0 Å². The van der Waals surface area contributed by atoms with Gasteiger partial charge in [-0.1, -0.05) is 0 Å².